The predicted molar refractivity (Wildman–Crippen MR) is 59.2 cm³/mol. The molecule has 1 aromatic rings. The van der Waals surface area contributed by atoms with E-state index in [4.69, 9.17) is 4.74 Å². The lowest BCUT2D eigenvalue weighted by molar-refractivity contribution is -0.135. The summed E-state index contributed by atoms with van der Waals surface area (Å²) in [6.45, 7) is 6.35. The van der Waals surface area contributed by atoms with Gasteiger partial charge < -0.3 is 4.74 Å². The number of rotatable bonds is 2. The van der Waals surface area contributed by atoms with Crippen LogP contribution in [-0.2, 0) is 10.2 Å². The van der Waals surface area contributed by atoms with Gasteiger partial charge in [0, 0.05) is 11.1 Å². The van der Waals surface area contributed by atoms with Crippen molar-refractivity contribution < 1.29 is 9.53 Å². The van der Waals surface area contributed by atoms with Crippen molar-refractivity contribution in [2.24, 2.45) is 5.92 Å². The molecule has 3 nitrogen and oxygen atoms in total. The molecule has 82 valence electrons. The first-order valence-corrected chi connectivity index (χ1v) is 5.96. The molecule has 0 unspecified atom stereocenters. The first-order chi connectivity index (χ1) is 6.97. The zero-order valence-electron chi connectivity index (χ0n) is 9.24. The van der Waals surface area contributed by atoms with Crippen LogP contribution in [0.3, 0.4) is 0 Å². The van der Waals surface area contributed by atoms with Gasteiger partial charge in [-0.2, -0.15) is 0 Å². The molecule has 0 atom stereocenters. The van der Waals surface area contributed by atoms with E-state index in [1.807, 2.05) is 0 Å². The van der Waals surface area contributed by atoms with E-state index >= 15 is 0 Å². The van der Waals surface area contributed by atoms with Crippen molar-refractivity contribution >= 4 is 17.3 Å². The Morgan fingerprint density at radius 3 is 2.67 bits per heavy atom. The zero-order valence-corrected chi connectivity index (χ0v) is 10.1. The van der Waals surface area contributed by atoms with E-state index in [1.165, 1.54) is 11.3 Å². The molecule has 2 rings (SSSR count). The first kappa shape index (κ1) is 10.6. The van der Waals surface area contributed by atoms with E-state index in [-0.39, 0.29) is 17.3 Å². The Hall–Kier alpha value is -0.900. The molecule has 1 aromatic heterocycles. The second-order valence-electron chi connectivity index (χ2n) is 4.94. The number of esters is 1. The standard InChI is InChI=1S/C11H15NO2S/c1-11(2,3)8-6-12-10(15-8)14-9(13)7-4-5-7/h6-7H,4-5H2,1-3H3. The van der Waals surface area contributed by atoms with E-state index in [0.29, 0.717) is 5.19 Å². The van der Waals surface area contributed by atoms with Crippen molar-refractivity contribution in [2.45, 2.75) is 39.0 Å². The van der Waals surface area contributed by atoms with Gasteiger partial charge in [-0.05, 0) is 18.3 Å². The average molecular weight is 225 g/mol. The Labute approximate surface area is 93.5 Å². The lowest BCUT2D eigenvalue weighted by Gasteiger charge is -2.13. The molecule has 0 aromatic carbocycles. The third-order valence-electron chi connectivity index (χ3n) is 2.32. The van der Waals surface area contributed by atoms with Crippen LogP contribution in [0.4, 0.5) is 0 Å². The van der Waals surface area contributed by atoms with Crippen LogP contribution in [0.1, 0.15) is 38.5 Å². The van der Waals surface area contributed by atoms with E-state index in [0.717, 1.165) is 17.7 Å². The molecule has 0 aliphatic heterocycles. The van der Waals surface area contributed by atoms with Crippen LogP contribution in [-0.4, -0.2) is 11.0 Å². The molecule has 1 saturated carbocycles. The molecule has 0 N–H and O–H groups in total. The van der Waals surface area contributed by atoms with Crippen LogP contribution in [0.2, 0.25) is 0 Å². The average Bonchev–Trinajstić information content (AvgIpc) is 2.86. The van der Waals surface area contributed by atoms with Gasteiger partial charge in [-0.25, -0.2) is 4.98 Å². The number of carbonyl (C=O) groups excluding carboxylic acids is 1. The fourth-order valence-electron chi connectivity index (χ4n) is 1.14. The minimum atomic E-state index is -0.121. The van der Waals surface area contributed by atoms with Crippen molar-refractivity contribution in [3.63, 3.8) is 0 Å². The molecule has 1 aliphatic rings. The number of thiazole rings is 1. The van der Waals surface area contributed by atoms with E-state index in [2.05, 4.69) is 25.8 Å². The maximum Gasteiger partial charge on any atom is 0.316 e. The smallest absolute Gasteiger partial charge is 0.316 e. The fraction of sp³-hybridized carbons (Fsp3) is 0.636. The van der Waals surface area contributed by atoms with Gasteiger partial charge in [-0.15, -0.1) is 0 Å². The normalized spacial score (nSPS) is 16.5. The molecule has 0 spiro atoms. The van der Waals surface area contributed by atoms with Crippen LogP contribution in [0.25, 0.3) is 0 Å². The SMILES string of the molecule is CC(C)(C)c1cnc(OC(=O)C2CC2)s1. The summed E-state index contributed by atoms with van der Waals surface area (Å²) < 4.78 is 5.18. The molecular formula is C11H15NO2S. The summed E-state index contributed by atoms with van der Waals surface area (Å²) in [6, 6.07) is 0. The Kier molecular flexibility index (Phi) is 2.54. The van der Waals surface area contributed by atoms with Crippen molar-refractivity contribution in [1.82, 2.24) is 4.98 Å². The minimum Gasteiger partial charge on any atom is -0.398 e. The quantitative estimate of drug-likeness (QED) is 0.726. The summed E-state index contributed by atoms with van der Waals surface area (Å²) in [5.74, 6) is 0.0109. The summed E-state index contributed by atoms with van der Waals surface area (Å²) in [5.41, 5.74) is 0.0713. The Morgan fingerprint density at radius 2 is 2.20 bits per heavy atom. The minimum absolute atomic E-state index is 0.0713. The third-order valence-corrected chi connectivity index (χ3v) is 3.62. The van der Waals surface area contributed by atoms with Gasteiger partial charge in [-0.3, -0.25) is 4.79 Å². The first-order valence-electron chi connectivity index (χ1n) is 5.15. The summed E-state index contributed by atoms with van der Waals surface area (Å²) in [6.07, 6.45) is 3.73. The monoisotopic (exact) mass is 225 g/mol. The Morgan fingerprint density at radius 1 is 1.53 bits per heavy atom. The molecule has 0 saturated heterocycles. The second-order valence-corrected chi connectivity index (χ2v) is 5.93. The lowest BCUT2D eigenvalue weighted by atomic mass is 9.96. The molecule has 4 heteroatoms. The number of carbonyl (C=O) groups is 1. The highest BCUT2D eigenvalue weighted by Gasteiger charge is 2.32. The van der Waals surface area contributed by atoms with Gasteiger partial charge in [0.1, 0.15) is 0 Å². The molecule has 15 heavy (non-hydrogen) atoms. The number of hydrogen-bond donors (Lipinski definition) is 0. The molecule has 1 heterocycles. The van der Waals surface area contributed by atoms with Gasteiger partial charge in [0.25, 0.3) is 5.19 Å². The molecule has 0 amide bonds. The van der Waals surface area contributed by atoms with Crippen LogP contribution < -0.4 is 4.74 Å². The summed E-state index contributed by atoms with van der Waals surface area (Å²) in [4.78, 5) is 16.6. The summed E-state index contributed by atoms with van der Waals surface area (Å²) in [7, 11) is 0. The van der Waals surface area contributed by atoms with E-state index in [1.54, 1.807) is 6.20 Å². The summed E-state index contributed by atoms with van der Waals surface area (Å²) >= 11 is 1.46. The highest BCUT2D eigenvalue weighted by Crippen LogP contribution is 2.34. The largest absolute Gasteiger partial charge is 0.398 e. The van der Waals surface area contributed by atoms with Gasteiger partial charge in [-0.1, -0.05) is 32.1 Å². The highest BCUT2D eigenvalue weighted by atomic mass is 32.1. The fourth-order valence-corrected chi connectivity index (χ4v) is 1.97. The summed E-state index contributed by atoms with van der Waals surface area (Å²) in [5, 5.41) is 0.483. The Balaban J connectivity index is 2.03. The Bertz CT molecular complexity index is 374. The molecule has 1 aliphatic carbocycles. The highest BCUT2D eigenvalue weighted by molar-refractivity contribution is 7.13. The van der Waals surface area contributed by atoms with Crippen LogP contribution >= 0.6 is 11.3 Å². The number of aromatic nitrogens is 1. The van der Waals surface area contributed by atoms with Gasteiger partial charge in [0.05, 0.1) is 5.92 Å². The predicted octanol–water partition coefficient (Wildman–Crippen LogP) is 2.76. The number of nitrogens with zero attached hydrogens (tertiary/aromatic N) is 1. The maximum atomic E-state index is 11.4. The molecule has 0 radical (unpaired) electrons. The van der Waals surface area contributed by atoms with Crippen molar-refractivity contribution in [3.8, 4) is 5.19 Å². The van der Waals surface area contributed by atoms with E-state index in [9.17, 15) is 4.79 Å². The van der Waals surface area contributed by atoms with Crippen molar-refractivity contribution in [1.29, 1.82) is 0 Å². The lowest BCUT2D eigenvalue weighted by Crippen LogP contribution is -2.09. The van der Waals surface area contributed by atoms with Gasteiger partial charge >= 0.3 is 5.97 Å². The van der Waals surface area contributed by atoms with Crippen molar-refractivity contribution in [3.05, 3.63) is 11.1 Å². The van der Waals surface area contributed by atoms with E-state index < -0.39 is 0 Å². The van der Waals surface area contributed by atoms with Crippen molar-refractivity contribution in [2.75, 3.05) is 0 Å². The van der Waals surface area contributed by atoms with Gasteiger partial charge in [0.2, 0.25) is 0 Å². The molecule has 1 fully saturated rings. The van der Waals surface area contributed by atoms with Crippen LogP contribution in [0.5, 0.6) is 5.19 Å². The zero-order chi connectivity index (χ0) is 11.1. The van der Waals surface area contributed by atoms with Crippen LogP contribution in [0.15, 0.2) is 6.20 Å². The number of hydrogen-bond acceptors (Lipinski definition) is 4. The number of ether oxygens (including phenoxy) is 1. The third kappa shape index (κ3) is 2.56. The van der Waals surface area contributed by atoms with Gasteiger partial charge in [0.15, 0.2) is 0 Å². The second kappa shape index (κ2) is 3.59. The maximum absolute atomic E-state index is 11.4. The molecule has 0 bridgehead atoms. The van der Waals surface area contributed by atoms with Crippen LogP contribution in [0, 0.1) is 5.92 Å². The topological polar surface area (TPSA) is 39.2 Å². The molecular weight excluding hydrogens is 210 g/mol.